The normalized spacial score (nSPS) is 11.6. The van der Waals surface area contributed by atoms with E-state index in [1.165, 1.54) is 0 Å². The number of methoxy groups -OCH3 is 1. The first-order chi connectivity index (χ1) is 11.6. The summed E-state index contributed by atoms with van der Waals surface area (Å²) < 4.78 is 10.6. The molecule has 0 spiro atoms. The monoisotopic (exact) mass is 348 g/mol. The second-order valence-electron chi connectivity index (χ2n) is 4.90. The Morgan fingerprint density at radius 1 is 1.17 bits per heavy atom. The van der Waals surface area contributed by atoms with Crippen molar-refractivity contribution in [1.82, 2.24) is 5.32 Å². The molecule has 0 bridgehead atoms. The number of benzene rings is 1. The van der Waals surface area contributed by atoms with E-state index >= 15 is 0 Å². The lowest BCUT2D eigenvalue weighted by molar-refractivity contribution is -0.136. The fraction of sp³-hybridized carbons (Fsp3) is 0.294. The molecule has 1 unspecified atom stereocenters. The predicted octanol–water partition coefficient (Wildman–Crippen LogP) is 2.59. The molecule has 1 heterocycles. The number of ether oxygens (including phenoxy) is 2. The molecule has 1 aromatic carbocycles. The maximum Gasteiger partial charge on any atom is 0.313 e. The molecule has 2 aromatic rings. The summed E-state index contributed by atoms with van der Waals surface area (Å²) in [6.07, 6.45) is -0.279. The van der Waals surface area contributed by atoms with E-state index in [2.05, 4.69) is 10.6 Å². The van der Waals surface area contributed by atoms with Gasteiger partial charge >= 0.3 is 11.8 Å². The van der Waals surface area contributed by atoms with Gasteiger partial charge in [-0.15, -0.1) is 0 Å². The van der Waals surface area contributed by atoms with Gasteiger partial charge in [-0.1, -0.05) is 0 Å². The van der Waals surface area contributed by atoms with Crippen LogP contribution in [0, 0.1) is 0 Å². The third kappa shape index (κ3) is 5.07. The fourth-order valence-corrected chi connectivity index (χ4v) is 2.75. The van der Waals surface area contributed by atoms with Gasteiger partial charge in [0.25, 0.3) is 0 Å². The van der Waals surface area contributed by atoms with Gasteiger partial charge in [0.15, 0.2) is 0 Å². The van der Waals surface area contributed by atoms with Crippen LogP contribution in [0.4, 0.5) is 5.69 Å². The van der Waals surface area contributed by atoms with Crippen LogP contribution >= 0.6 is 11.3 Å². The zero-order chi connectivity index (χ0) is 17.4. The largest absolute Gasteiger partial charge is 0.494 e. The van der Waals surface area contributed by atoms with Crippen molar-refractivity contribution in [3.8, 4) is 5.75 Å². The number of hydrogen-bond acceptors (Lipinski definition) is 5. The number of rotatable bonds is 7. The lowest BCUT2D eigenvalue weighted by Crippen LogP contribution is -2.37. The second-order valence-corrected chi connectivity index (χ2v) is 5.68. The molecule has 1 aromatic heterocycles. The molecule has 24 heavy (non-hydrogen) atoms. The first-order valence-electron chi connectivity index (χ1n) is 7.51. The molecule has 128 valence electrons. The first kappa shape index (κ1) is 18.0. The van der Waals surface area contributed by atoms with E-state index in [0.29, 0.717) is 18.0 Å². The number of carbonyl (C=O) groups is 2. The first-order valence-corrected chi connectivity index (χ1v) is 8.45. The van der Waals surface area contributed by atoms with Gasteiger partial charge in [-0.3, -0.25) is 9.59 Å². The van der Waals surface area contributed by atoms with Crippen molar-refractivity contribution in [3.63, 3.8) is 0 Å². The van der Waals surface area contributed by atoms with E-state index < -0.39 is 11.8 Å². The fourth-order valence-electron chi connectivity index (χ4n) is 2.05. The Hall–Kier alpha value is -2.38. The third-order valence-electron chi connectivity index (χ3n) is 3.28. The van der Waals surface area contributed by atoms with E-state index in [-0.39, 0.29) is 12.6 Å². The van der Waals surface area contributed by atoms with E-state index in [9.17, 15) is 9.59 Å². The van der Waals surface area contributed by atoms with Crippen LogP contribution in [0.15, 0.2) is 41.1 Å². The molecule has 2 N–H and O–H groups in total. The van der Waals surface area contributed by atoms with Crippen molar-refractivity contribution < 1.29 is 19.1 Å². The van der Waals surface area contributed by atoms with Crippen molar-refractivity contribution in [2.75, 3.05) is 25.6 Å². The quantitative estimate of drug-likeness (QED) is 0.754. The molecule has 0 fully saturated rings. The summed E-state index contributed by atoms with van der Waals surface area (Å²) in [6.45, 7) is 2.69. The maximum atomic E-state index is 11.9. The summed E-state index contributed by atoms with van der Waals surface area (Å²) in [6, 6.07) is 8.74. The Bertz CT molecular complexity index is 656. The van der Waals surface area contributed by atoms with Crippen LogP contribution in [-0.2, 0) is 14.3 Å². The number of carbonyl (C=O) groups excluding carboxylic acids is 2. The van der Waals surface area contributed by atoms with E-state index in [4.69, 9.17) is 9.47 Å². The summed E-state index contributed by atoms with van der Waals surface area (Å²) in [5, 5.41) is 9.00. The predicted molar refractivity (Wildman–Crippen MR) is 93.3 cm³/mol. The highest BCUT2D eigenvalue weighted by Crippen LogP contribution is 2.18. The Balaban J connectivity index is 1.84. The minimum Gasteiger partial charge on any atom is -0.494 e. The van der Waals surface area contributed by atoms with Gasteiger partial charge < -0.3 is 20.1 Å². The van der Waals surface area contributed by atoms with E-state index in [0.717, 1.165) is 5.56 Å². The molecule has 2 amide bonds. The molecular weight excluding hydrogens is 328 g/mol. The lowest BCUT2D eigenvalue weighted by atomic mass is 10.2. The zero-order valence-electron chi connectivity index (χ0n) is 13.6. The van der Waals surface area contributed by atoms with Gasteiger partial charge in [-0.05, 0) is 53.6 Å². The highest BCUT2D eigenvalue weighted by Gasteiger charge is 2.17. The number of hydrogen-bond donors (Lipinski definition) is 2. The van der Waals surface area contributed by atoms with E-state index in [1.807, 2.05) is 23.8 Å². The molecule has 0 saturated carbocycles. The molecule has 6 nitrogen and oxygen atoms in total. The number of anilines is 1. The zero-order valence-corrected chi connectivity index (χ0v) is 14.4. The summed E-state index contributed by atoms with van der Waals surface area (Å²) in [5.74, 6) is -0.723. The molecular formula is C17H20N2O4S. The van der Waals surface area contributed by atoms with Crippen LogP contribution in [0.5, 0.6) is 5.75 Å². The number of thiophene rings is 1. The van der Waals surface area contributed by atoms with Crippen LogP contribution in [0.1, 0.15) is 18.6 Å². The minimum absolute atomic E-state index is 0.225. The van der Waals surface area contributed by atoms with Crippen molar-refractivity contribution in [2.45, 2.75) is 13.0 Å². The SMILES string of the molecule is CCOc1ccc(NC(=O)C(=O)NCC(OC)c2ccsc2)cc1. The summed E-state index contributed by atoms with van der Waals surface area (Å²) in [7, 11) is 1.56. The molecule has 2 rings (SSSR count). The topological polar surface area (TPSA) is 76.7 Å². The highest BCUT2D eigenvalue weighted by molar-refractivity contribution is 7.07. The Labute approximate surface area is 144 Å². The van der Waals surface area contributed by atoms with Crippen molar-refractivity contribution in [1.29, 1.82) is 0 Å². The molecule has 0 aliphatic heterocycles. The number of nitrogens with one attached hydrogen (secondary N) is 2. The Morgan fingerprint density at radius 3 is 2.50 bits per heavy atom. The van der Waals surface area contributed by atoms with Crippen LogP contribution < -0.4 is 15.4 Å². The van der Waals surface area contributed by atoms with Gasteiger partial charge in [-0.25, -0.2) is 0 Å². The van der Waals surface area contributed by atoms with Gasteiger partial charge in [0.2, 0.25) is 0 Å². The van der Waals surface area contributed by atoms with Crippen LogP contribution in [-0.4, -0.2) is 32.1 Å². The van der Waals surface area contributed by atoms with Gasteiger partial charge in [0, 0.05) is 19.3 Å². The molecule has 1 atom stereocenters. The molecule has 0 saturated heterocycles. The summed E-state index contributed by atoms with van der Waals surface area (Å²) in [4.78, 5) is 23.8. The van der Waals surface area contributed by atoms with Gasteiger partial charge in [0.1, 0.15) is 11.9 Å². The smallest absolute Gasteiger partial charge is 0.313 e. The van der Waals surface area contributed by atoms with E-state index in [1.54, 1.807) is 42.7 Å². The second kappa shape index (κ2) is 9.05. The third-order valence-corrected chi connectivity index (χ3v) is 3.98. The van der Waals surface area contributed by atoms with Crippen molar-refractivity contribution in [3.05, 3.63) is 46.7 Å². The maximum absolute atomic E-state index is 11.9. The van der Waals surface area contributed by atoms with Gasteiger partial charge in [0.05, 0.1) is 6.61 Å². The van der Waals surface area contributed by atoms with Crippen molar-refractivity contribution >= 4 is 28.8 Å². The minimum atomic E-state index is -0.723. The average Bonchev–Trinajstić information content (AvgIpc) is 3.11. The van der Waals surface area contributed by atoms with Crippen LogP contribution in [0.2, 0.25) is 0 Å². The standard InChI is InChI=1S/C17H20N2O4S/c1-3-23-14-6-4-13(5-7-14)19-17(21)16(20)18-10-15(22-2)12-8-9-24-11-12/h4-9,11,15H,3,10H2,1-2H3,(H,18,20)(H,19,21). The van der Waals surface area contributed by atoms with Crippen LogP contribution in [0.3, 0.4) is 0 Å². The summed E-state index contributed by atoms with van der Waals surface area (Å²) >= 11 is 1.55. The average molecular weight is 348 g/mol. The number of amides is 2. The Morgan fingerprint density at radius 2 is 1.92 bits per heavy atom. The van der Waals surface area contributed by atoms with Gasteiger partial charge in [-0.2, -0.15) is 11.3 Å². The van der Waals surface area contributed by atoms with Crippen LogP contribution in [0.25, 0.3) is 0 Å². The summed E-state index contributed by atoms with van der Waals surface area (Å²) in [5.41, 5.74) is 1.49. The van der Waals surface area contributed by atoms with Crippen molar-refractivity contribution in [2.24, 2.45) is 0 Å². The molecule has 0 aliphatic carbocycles. The lowest BCUT2D eigenvalue weighted by Gasteiger charge is -2.14. The molecule has 7 heteroatoms. The molecule has 0 radical (unpaired) electrons. The molecule has 0 aliphatic rings. The highest BCUT2D eigenvalue weighted by atomic mass is 32.1. The Kier molecular flexibility index (Phi) is 6.77.